The predicted molar refractivity (Wildman–Crippen MR) is 83.9 cm³/mol. The maximum absolute atomic E-state index is 12.1. The van der Waals surface area contributed by atoms with E-state index >= 15 is 0 Å². The Balaban J connectivity index is 1.52. The molecule has 4 rings (SSSR count). The second-order valence-electron chi connectivity index (χ2n) is 6.56. The molecule has 1 aromatic carbocycles. The molecule has 0 saturated heterocycles. The lowest BCUT2D eigenvalue weighted by Gasteiger charge is -2.11. The van der Waals surface area contributed by atoms with Crippen molar-refractivity contribution in [2.75, 3.05) is 0 Å². The number of oxime groups is 1. The highest BCUT2D eigenvalue weighted by molar-refractivity contribution is 7.86. The molecule has 0 N–H and O–H groups in total. The van der Waals surface area contributed by atoms with Crippen molar-refractivity contribution in [2.24, 2.45) is 16.0 Å². The van der Waals surface area contributed by atoms with Crippen LogP contribution in [-0.4, -0.2) is 14.1 Å². The van der Waals surface area contributed by atoms with Crippen molar-refractivity contribution in [3.63, 3.8) is 0 Å². The number of allylic oxidation sites excluding steroid dienone is 4. The van der Waals surface area contributed by atoms with E-state index in [1.54, 1.807) is 24.3 Å². The minimum absolute atomic E-state index is 0.138. The molecule has 0 amide bonds. The first-order valence-electron chi connectivity index (χ1n) is 7.38. The van der Waals surface area contributed by atoms with E-state index in [4.69, 9.17) is 4.28 Å². The first kappa shape index (κ1) is 13.8. The normalized spacial score (nSPS) is 31.6. The van der Waals surface area contributed by atoms with E-state index in [1.807, 2.05) is 6.92 Å². The van der Waals surface area contributed by atoms with Crippen LogP contribution in [0.2, 0.25) is 0 Å². The van der Waals surface area contributed by atoms with Gasteiger partial charge in [0.05, 0.1) is 5.71 Å². The van der Waals surface area contributed by atoms with Crippen molar-refractivity contribution in [1.82, 2.24) is 0 Å². The first-order valence-corrected chi connectivity index (χ1v) is 8.79. The maximum atomic E-state index is 12.1. The van der Waals surface area contributed by atoms with Crippen LogP contribution in [0.5, 0.6) is 0 Å². The number of hydrogen-bond acceptors (Lipinski definition) is 4. The van der Waals surface area contributed by atoms with Crippen molar-refractivity contribution >= 4 is 15.8 Å². The number of hydrogen-bond donors (Lipinski definition) is 0. The molecule has 0 aliphatic heterocycles. The highest BCUT2D eigenvalue weighted by Crippen LogP contribution is 2.75. The van der Waals surface area contributed by atoms with Gasteiger partial charge in [-0.1, -0.05) is 47.2 Å². The molecule has 0 bridgehead atoms. The van der Waals surface area contributed by atoms with E-state index in [-0.39, 0.29) is 15.7 Å². The Morgan fingerprint density at radius 3 is 2.23 bits per heavy atom. The van der Waals surface area contributed by atoms with Gasteiger partial charge in [-0.2, -0.15) is 8.42 Å². The summed E-state index contributed by atoms with van der Waals surface area (Å²) in [6.45, 7) is 1.91. The summed E-state index contributed by atoms with van der Waals surface area (Å²) in [5, 5.41) is 3.95. The molecule has 0 spiro atoms. The molecule has 2 unspecified atom stereocenters. The highest BCUT2D eigenvalue weighted by atomic mass is 32.2. The molecule has 0 aromatic heterocycles. The zero-order valence-electron chi connectivity index (χ0n) is 12.3. The van der Waals surface area contributed by atoms with Gasteiger partial charge in [0, 0.05) is 10.8 Å². The fourth-order valence-corrected chi connectivity index (χ4v) is 4.51. The van der Waals surface area contributed by atoms with E-state index in [0.29, 0.717) is 0 Å². The molecule has 4 nitrogen and oxygen atoms in total. The second kappa shape index (κ2) is 4.32. The maximum Gasteiger partial charge on any atom is 0.358 e. The molecule has 3 aliphatic rings. The van der Waals surface area contributed by atoms with Gasteiger partial charge in [0.2, 0.25) is 0 Å². The van der Waals surface area contributed by atoms with Gasteiger partial charge in [-0.05, 0) is 38.3 Å². The van der Waals surface area contributed by atoms with Crippen molar-refractivity contribution in [2.45, 2.75) is 31.1 Å². The number of aryl methyl sites for hydroxylation is 1. The average Bonchev–Trinajstić information content (AvgIpc) is 3.02. The molecule has 2 fully saturated rings. The monoisotopic (exact) mass is 315 g/mol. The molecule has 1 aromatic rings. The Kier molecular flexibility index (Phi) is 2.70. The van der Waals surface area contributed by atoms with Crippen LogP contribution in [0.4, 0.5) is 0 Å². The molecule has 5 heteroatoms. The summed E-state index contributed by atoms with van der Waals surface area (Å²) in [7, 11) is -3.83. The van der Waals surface area contributed by atoms with Gasteiger partial charge >= 0.3 is 10.1 Å². The number of nitrogens with zero attached hydrogens (tertiary/aromatic N) is 1. The van der Waals surface area contributed by atoms with Crippen molar-refractivity contribution in [3.05, 3.63) is 54.1 Å². The third-order valence-corrected chi connectivity index (χ3v) is 6.17. The molecule has 22 heavy (non-hydrogen) atoms. The molecule has 0 heterocycles. The first-order chi connectivity index (χ1) is 10.4. The van der Waals surface area contributed by atoms with E-state index in [9.17, 15) is 8.42 Å². The Hall–Kier alpha value is -1.88. The van der Waals surface area contributed by atoms with Crippen LogP contribution in [0.25, 0.3) is 0 Å². The third-order valence-electron chi connectivity index (χ3n) is 5.05. The van der Waals surface area contributed by atoms with Crippen molar-refractivity contribution in [1.29, 1.82) is 0 Å². The molecular formula is C17H17NO3S. The Labute approximate surface area is 130 Å². The lowest BCUT2D eigenvalue weighted by molar-refractivity contribution is 0.336. The predicted octanol–water partition coefficient (Wildman–Crippen LogP) is 3.35. The van der Waals surface area contributed by atoms with Crippen LogP contribution in [0.15, 0.2) is 58.6 Å². The quantitative estimate of drug-likeness (QED) is 0.804. The largest absolute Gasteiger partial charge is 0.358 e. The third kappa shape index (κ3) is 1.96. The van der Waals surface area contributed by atoms with E-state index in [2.05, 4.69) is 29.5 Å². The van der Waals surface area contributed by atoms with E-state index < -0.39 is 10.1 Å². The van der Waals surface area contributed by atoms with Crippen LogP contribution in [0.3, 0.4) is 0 Å². The second-order valence-corrected chi connectivity index (χ2v) is 8.09. The van der Waals surface area contributed by atoms with Gasteiger partial charge in [-0.25, -0.2) is 0 Å². The summed E-state index contributed by atoms with van der Waals surface area (Å²) < 4.78 is 29.2. The molecule has 2 atom stereocenters. The summed E-state index contributed by atoms with van der Waals surface area (Å²) in [4.78, 5) is 0.138. The molecular weight excluding hydrogens is 298 g/mol. The van der Waals surface area contributed by atoms with Crippen LogP contribution < -0.4 is 0 Å². The minimum atomic E-state index is -3.83. The summed E-state index contributed by atoms with van der Waals surface area (Å²) >= 11 is 0. The molecule has 2 saturated carbocycles. The van der Waals surface area contributed by atoms with Crippen LogP contribution >= 0.6 is 0 Å². The van der Waals surface area contributed by atoms with Crippen molar-refractivity contribution < 1.29 is 12.7 Å². The van der Waals surface area contributed by atoms with Gasteiger partial charge in [0.1, 0.15) is 4.90 Å². The van der Waals surface area contributed by atoms with Crippen LogP contribution in [0, 0.1) is 17.8 Å². The molecule has 3 aliphatic carbocycles. The fourth-order valence-electron chi connectivity index (χ4n) is 3.75. The molecule has 0 radical (unpaired) electrons. The molecule has 114 valence electrons. The zero-order chi connectivity index (χ0) is 15.4. The Morgan fingerprint density at radius 2 is 1.64 bits per heavy atom. The smallest absolute Gasteiger partial charge is 0.265 e. The van der Waals surface area contributed by atoms with Gasteiger partial charge < -0.3 is 0 Å². The SMILES string of the molecule is Cc1ccc(S(=O)(=O)ON=C2CC34C=CC=CC3(C2)C4)cc1. The lowest BCUT2D eigenvalue weighted by Crippen LogP contribution is -2.06. The lowest BCUT2D eigenvalue weighted by atomic mass is 9.92. The van der Waals surface area contributed by atoms with Gasteiger partial charge in [0.15, 0.2) is 0 Å². The van der Waals surface area contributed by atoms with Crippen LogP contribution in [0.1, 0.15) is 24.8 Å². The van der Waals surface area contributed by atoms with E-state index in [1.165, 1.54) is 0 Å². The summed E-state index contributed by atoms with van der Waals surface area (Å²) in [5.74, 6) is 0. The minimum Gasteiger partial charge on any atom is -0.265 e. The Bertz CT molecular complexity index is 792. The highest BCUT2D eigenvalue weighted by Gasteiger charge is 2.69. The fraction of sp³-hybridized carbons (Fsp3) is 0.353. The van der Waals surface area contributed by atoms with Crippen molar-refractivity contribution in [3.8, 4) is 0 Å². The Morgan fingerprint density at radius 1 is 1.05 bits per heavy atom. The van der Waals surface area contributed by atoms with Gasteiger partial charge in [0.25, 0.3) is 0 Å². The zero-order valence-corrected chi connectivity index (χ0v) is 13.1. The van der Waals surface area contributed by atoms with Gasteiger partial charge in [-0.15, -0.1) is 0 Å². The topological polar surface area (TPSA) is 55.7 Å². The number of rotatable bonds is 3. The van der Waals surface area contributed by atoms with E-state index in [0.717, 1.165) is 30.5 Å². The standard InChI is InChI=1S/C17H17NO3S/c1-13-4-6-15(7-5-13)22(19,20)21-18-14-10-16-8-2-3-9-17(16,11-14)12-16/h2-9H,10-12H2,1H3. The average molecular weight is 315 g/mol. The number of benzene rings is 1. The van der Waals surface area contributed by atoms with Gasteiger partial charge in [-0.3, -0.25) is 4.28 Å². The summed E-state index contributed by atoms with van der Waals surface area (Å²) in [5.41, 5.74) is 2.16. The van der Waals surface area contributed by atoms with Crippen LogP contribution in [-0.2, 0) is 14.4 Å². The summed E-state index contributed by atoms with van der Waals surface area (Å²) in [6.07, 6.45) is 11.3. The summed E-state index contributed by atoms with van der Waals surface area (Å²) in [6, 6.07) is 6.58.